The Bertz CT molecular complexity index is 752. The van der Waals surface area contributed by atoms with Gasteiger partial charge in [0.25, 0.3) is 10.0 Å². The zero-order chi connectivity index (χ0) is 14.9. The molecule has 0 atom stereocenters. The first kappa shape index (κ1) is 14.5. The summed E-state index contributed by atoms with van der Waals surface area (Å²) in [7, 11) is -3.93. The van der Waals surface area contributed by atoms with E-state index in [4.69, 9.17) is 9.52 Å². The molecule has 0 aliphatic heterocycles. The van der Waals surface area contributed by atoms with E-state index in [9.17, 15) is 13.2 Å². The molecule has 2 rings (SSSR count). The van der Waals surface area contributed by atoms with Crippen molar-refractivity contribution < 1.29 is 22.7 Å². The van der Waals surface area contributed by atoms with Crippen LogP contribution in [0.4, 0.5) is 5.69 Å². The third kappa shape index (κ3) is 2.99. The van der Waals surface area contributed by atoms with Crippen molar-refractivity contribution in [2.45, 2.75) is 11.8 Å². The van der Waals surface area contributed by atoms with Gasteiger partial charge in [0.2, 0.25) is 5.76 Å². The number of anilines is 1. The topological polar surface area (TPSA) is 109 Å². The van der Waals surface area contributed by atoms with Crippen LogP contribution < -0.4 is 4.72 Å². The van der Waals surface area contributed by atoms with Crippen LogP contribution in [-0.2, 0) is 10.0 Å². The molecule has 0 aliphatic rings. The largest absolute Gasteiger partial charge is 0.475 e. The Kier molecular flexibility index (Phi) is 3.82. The van der Waals surface area contributed by atoms with Crippen molar-refractivity contribution >= 4 is 37.6 Å². The highest BCUT2D eigenvalue weighted by Crippen LogP contribution is 2.23. The normalized spacial score (nSPS) is 11.3. The van der Waals surface area contributed by atoms with E-state index in [2.05, 4.69) is 25.6 Å². The maximum Gasteiger partial charge on any atom is 0.371 e. The summed E-state index contributed by atoms with van der Waals surface area (Å²) in [5.41, 5.74) is 0.255. The van der Waals surface area contributed by atoms with Gasteiger partial charge >= 0.3 is 5.97 Å². The number of hydrogen-bond donors (Lipinski definition) is 2. The summed E-state index contributed by atoms with van der Waals surface area (Å²) in [6, 6.07) is 4.05. The number of hydrogen-bond acceptors (Lipinski definition) is 5. The molecule has 0 bridgehead atoms. The van der Waals surface area contributed by atoms with Gasteiger partial charge < -0.3 is 9.52 Å². The molecule has 0 fully saturated rings. The van der Waals surface area contributed by atoms with Gasteiger partial charge in [0.15, 0.2) is 0 Å². The molecule has 7 nitrogen and oxygen atoms in total. The van der Waals surface area contributed by atoms with E-state index in [1.54, 1.807) is 6.07 Å². The highest BCUT2D eigenvalue weighted by molar-refractivity contribution is 9.10. The molecular formula is C11H9BrN2O5S. The number of carbonyl (C=O) groups is 1. The van der Waals surface area contributed by atoms with E-state index in [1.807, 2.05) is 0 Å². The average molecular weight is 361 g/mol. The molecule has 2 aromatic heterocycles. The molecule has 0 unspecified atom stereocenters. The molecule has 20 heavy (non-hydrogen) atoms. The van der Waals surface area contributed by atoms with E-state index in [0.29, 0.717) is 4.60 Å². The number of halogens is 1. The number of pyridine rings is 1. The number of nitrogens with one attached hydrogen (secondary N) is 1. The Morgan fingerprint density at radius 1 is 1.45 bits per heavy atom. The molecule has 0 saturated heterocycles. The monoisotopic (exact) mass is 360 g/mol. The minimum absolute atomic E-state index is 0.0000270. The van der Waals surface area contributed by atoms with Crippen LogP contribution >= 0.6 is 15.9 Å². The molecule has 9 heteroatoms. The number of aromatic carboxylic acids is 1. The van der Waals surface area contributed by atoms with Crippen molar-refractivity contribution in [3.05, 3.63) is 40.5 Å². The van der Waals surface area contributed by atoms with Gasteiger partial charge in [-0.25, -0.2) is 18.2 Å². The molecule has 0 spiro atoms. The Hall–Kier alpha value is -1.87. The number of carboxylic acids is 1. The van der Waals surface area contributed by atoms with Gasteiger partial charge in [0.05, 0.1) is 11.9 Å². The van der Waals surface area contributed by atoms with E-state index < -0.39 is 21.8 Å². The second-order valence-electron chi connectivity index (χ2n) is 3.81. The van der Waals surface area contributed by atoms with Crippen molar-refractivity contribution in [3.63, 3.8) is 0 Å². The van der Waals surface area contributed by atoms with Crippen molar-refractivity contribution in [2.24, 2.45) is 0 Å². The Balaban J connectivity index is 2.35. The molecule has 0 radical (unpaired) electrons. The third-order valence-corrected chi connectivity index (χ3v) is 4.31. The number of rotatable bonds is 4. The van der Waals surface area contributed by atoms with Crippen LogP contribution in [0.25, 0.3) is 0 Å². The van der Waals surface area contributed by atoms with Crippen LogP contribution in [0.5, 0.6) is 0 Å². The third-order valence-electron chi connectivity index (χ3n) is 2.35. The summed E-state index contributed by atoms with van der Waals surface area (Å²) in [5.74, 6) is -1.77. The summed E-state index contributed by atoms with van der Waals surface area (Å²) in [5, 5.41) is 8.78. The maximum absolute atomic E-state index is 12.1. The quantitative estimate of drug-likeness (QED) is 0.809. The fraction of sp³-hybridized carbons (Fsp3) is 0.0909. The molecule has 0 amide bonds. The van der Waals surface area contributed by atoms with E-state index in [1.165, 1.54) is 19.2 Å². The zero-order valence-electron chi connectivity index (χ0n) is 10.1. The van der Waals surface area contributed by atoms with Crippen LogP contribution in [-0.4, -0.2) is 24.5 Å². The zero-order valence-corrected chi connectivity index (χ0v) is 12.5. The van der Waals surface area contributed by atoms with Crippen molar-refractivity contribution in [1.29, 1.82) is 0 Å². The highest BCUT2D eigenvalue weighted by atomic mass is 79.9. The number of sulfonamides is 1. The summed E-state index contributed by atoms with van der Waals surface area (Å²) < 4.78 is 32.0. The van der Waals surface area contributed by atoms with Gasteiger partial charge in [0, 0.05) is 6.07 Å². The van der Waals surface area contributed by atoms with E-state index in [0.717, 1.165) is 6.07 Å². The Morgan fingerprint density at radius 3 is 2.65 bits per heavy atom. The van der Waals surface area contributed by atoms with Crippen molar-refractivity contribution in [3.8, 4) is 0 Å². The predicted octanol–water partition coefficient (Wildman–Crippen LogP) is 2.24. The predicted molar refractivity (Wildman–Crippen MR) is 73.1 cm³/mol. The smallest absolute Gasteiger partial charge is 0.371 e. The number of furan rings is 1. The lowest BCUT2D eigenvalue weighted by Crippen LogP contribution is -2.13. The molecular weight excluding hydrogens is 352 g/mol. The molecule has 2 heterocycles. The first-order valence-electron chi connectivity index (χ1n) is 5.28. The van der Waals surface area contributed by atoms with Gasteiger partial charge in [-0.15, -0.1) is 0 Å². The number of nitrogens with zero attached hydrogens (tertiary/aromatic N) is 1. The summed E-state index contributed by atoms with van der Waals surface area (Å²) in [6.07, 6.45) is 1.33. The van der Waals surface area contributed by atoms with Crippen molar-refractivity contribution in [1.82, 2.24) is 4.98 Å². The Morgan fingerprint density at radius 2 is 2.15 bits per heavy atom. The van der Waals surface area contributed by atoms with E-state index >= 15 is 0 Å². The van der Waals surface area contributed by atoms with Crippen LogP contribution in [0.1, 0.15) is 16.3 Å². The van der Waals surface area contributed by atoms with Gasteiger partial charge in [-0.1, -0.05) is 0 Å². The van der Waals surface area contributed by atoms with Gasteiger partial charge in [0.1, 0.15) is 15.3 Å². The lowest BCUT2D eigenvalue weighted by molar-refractivity contribution is 0.0661. The van der Waals surface area contributed by atoms with Crippen molar-refractivity contribution in [2.75, 3.05) is 4.72 Å². The lowest BCUT2D eigenvalue weighted by atomic mass is 10.4. The molecule has 106 valence electrons. The molecule has 0 aliphatic carbocycles. The van der Waals surface area contributed by atoms with Crippen LogP contribution in [0.15, 0.2) is 38.3 Å². The Labute approximate surface area is 122 Å². The first-order valence-corrected chi connectivity index (χ1v) is 7.55. The highest BCUT2D eigenvalue weighted by Gasteiger charge is 2.24. The van der Waals surface area contributed by atoms with Crippen LogP contribution in [0, 0.1) is 6.92 Å². The van der Waals surface area contributed by atoms with E-state index in [-0.39, 0.29) is 16.3 Å². The maximum atomic E-state index is 12.1. The minimum Gasteiger partial charge on any atom is -0.475 e. The minimum atomic E-state index is -3.93. The fourth-order valence-electron chi connectivity index (χ4n) is 1.48. The second-order valence-corrected chi connectivity index (χ2v) is 6.27. The molecule has 2 N–H and O–H groups in total. The molecule has 0 aromatic carbocycles. The van der Waals surface area contributed by atoms with Crippen LogP contribution in [0.2, 0.25) is 0 Å². The number of aromatic nitrogens is 1. The van der Waals surface area contributed by atoms with Gasteiger partial charge in [-0.3, -0.25) is 4.72 Å². The lowest BCUT2D eigenvalue weighted by Gasteiger charge is -2.06. The SMILES string of the molecule is Cc1oc(C(=O)O)cc1S(=O)(=O)Nc1ccc(Br)nc1. The van der Waals surface area contributed by atoms with Gasteiger partial charge in [-0.2, -0.15) is 0 Å². The standard InChI is InChI=1S/C11H9BrN2O5S/c1-6-9(4-8(19-6)11(15)16)20(17,18)14-7-2-3-10(12)13-5-7/h2-5,14H,1H3,(H,15,16). The second kappa shape index (κ2) is 5.25. The summed E-state index contributed by atoms with van der Waals surface area (Å²) in [6.45, 7) is 1.38. The van der Waals surface area contributed by atoms with Crippen LogP contribution in [0.3, 0.4) is 0 Å². The molecule has 0 saturated carbocycles. The number of aryl methyl sites for hydroxylation is 1. The number of carboxylic acid groups (broad SMARTS) is 1. The summed E-state index contributed by atoms with van der Waals surface area (Å²) in [4.78, 5) is 14.4. The molecule has 2 aromatic rings. The summed E-state index contributed by atoms with van der Waals surface area (Å²) >= 11 is 3.13. The van der Waals surface area contributed by atoms with Gasteiger partial charge in [-0.05, 0) is 35.0 Å². The first-order chi connectivity index (χ1) is 9.29. The average Bonchev–Trinajstić information content (AvgIpc) is 2.75. The fourth-order valence-corrected chi connectivity index (χ4v) is 2.94.